The molecule has 1 fully saturated rings. The van der Waals surface area contributed by atoms with Crippen LogP contribution in [0.4, 0.5) is 4.39 Å². The predicted molar refractivity (Wildman–Crippen MR) is 112 cm³/mol. The summed E-state index contributed by atoms with van der Waals surface area (Å²) in [6.07, 6.45) is 1.28. The average molecular weight is 435 g/mol. The third-order valence-electron chi connectivity index (χ3n) is 4.94. The second-order valence-electron chi connectivity index (χ2n) is 7.69. The van der Waals surface area contributed by atoms with Crippen molar-refractivity contribution in [2.75, 3.05) is 13.1 Å². The Balaban J connectivity index is 1.61. The number of carbonyl (C=O) groups is 1. The number of sulfonamides is 1. The van der Waals surface area contributed by atoms with Gasteiger partial charge in [-0.15, -0.1) is 0 Å². The van der Waals surface area contributed by atoms with Crippen LogP contribution < -0.4 is 10.1 Å². The maximum absolute atomic E-state index is 13.1. The van der Waals surface area contributed by atoms with E-state index in [0.29, 0.717) is 25.9 Å². The molecule has 1 heterocycles. The lowest BCUT2D eigenvalue weighted by Gasteiger charge is -2.31. The molecular weight excluding hydrogens is 407 g/mol. The van der Waals surface area contributed by atoms with Gasteiger partial charge in [0.2, 0.25) is 15.9 Å². The Morgan fingerprint density at radius 3 is 2.67 bits per heavy atom. The lowest BCUT2D eigenvalue weighted by Crippen LogP contribution is -2.45. The molecule has 8 heteroatoms. The zero-order chi connectivity index (χ0) is 21.7. The standard InChI is InChI=1S/C22H27FN2O4S/c1-16(2)29-20-7-3-5-17(13-20)14-24-22(26)18-6-4-12-25(15-18)30(27,28)21-10-8-19(23)9-11-21/h3,5,7-11,13,16,18H,4,6,12,14-15H2,1-2H3,(H,24,26). The third kappa shape index (κ3) is 5.58. The van der Waals surface area contributed by atoms with Gasteiger partial charge in [-0.05, 0) is 68.7 Å². The molecule has 30 heavy (non-hydrogen) atoms. The highest BCUT2D eigenvalue weighted by Gasteiger charge is 2.33. The monoisotopic (exact) mass is 434 g/mol. The van der Waals surface area contributed by atoms with E-state index in [4.69, 9.17) is 4.74 Å². The van der Waals surface area contributed by atoms with E-state index in [1.807, 2.05) is 38.1 Å². The topological polar surface area (TPSA) is 75.7 Å². The highest BCUT2D eigenvalue weighted by molar-refractivity contribution is 7.89. The molecule has 6 nitrogen and oxygen atoms in total. The minimum atomic E-state index is -3.76. The quantitative estimate of drug-likeness (QED) is 0.725. The first-order chi connectivity index (χ1) is 14.3. The lowest BCUT2D eigenvalue weighted by molar-refractivity contribution is -0.126. The molecule has 0 aliphatic carbocycles. The smallest absolute Gasteiger partial charge is 0.243 e. The first-order valence-electron chi connectivity index (χ1n) is 10.0. The fourth-order valence-electron chi connectivity index (χ4n) is 3.46. The normalized spacial score (nSPS) is 17.7. The van der Waals surface area contributed by atoms with Crippen LogP contribution in [0.5, 0.6) is 5.75 Å². The van der Waals surface area contributed by atoms with Crippen molar-refractivity contribution >= 4 is 15.9 Å². The van der Waals surface area contributed by atoms with Crippen LogP contribution in [0.3, 0.4) is 0 Å². The summed E-state index contributed by atoms with van der Waals surface area (Å²) in [6, 6.07) is 12.3. The number of rotatable bonds is 7. The number of benzene rings is 2. The number of nitrogens with one attached hydrogen (secondary N) is 1. The number of hydrogen-bond donors (Lipinski definition) is 1. The van der Waals surface area contributed by atoms with Crippen LogP contribution in [0.15, 0.2) is 53.4 Å². The van der Waals surface area contributed by atoms with Crippen molar-refractivity contribution in [3.05, 3.63) is 59.9 Å². The van der Waals surface area contributed by atoms with Gasteiger partial charge in [0.1, 0.15) is 11.6 Å². The van der Waals surface area contributed by atoms with Gasteiger partial charge in [-0.25, -0.2) is 12.8 Å². The van der Waals surface area contributed by atoms with Gasteiger partial charge in [0.05, 0.1) is 16.9 Å². The maximum atomic E-state index is 13.1. The van der Waals surface area contributed by atoms with E-state index in [-0.39, 0.29) is 23.5 Å². The predicted octanol–water partition coefficient (Wildman–Crippen LogP) is 3.33. The van der Waals surface area contributed by atoms with Crippen LogP contribution >= 0.6 is 0 Å². The summed E-state index contributed by atoms with van der Waals surface area (Å²) in [5.41, 5.74) is 0.910. The SMILES string of the molecule is CC(C)Oc1cccc(CNC(=O)C2CCCN(S(=O)(=O)c3ccc(F)cc3)C2)c1. The molecule has 1 N–H and O–H groups in total. The highest BCUT2D eigenvalue weighted by atomic mass is 32.2. The molecular formula is C22H27FN2O4S. The minimum absolute atomic E-state index is 0.0342. The molecule has 2 aromatic carbocycles. The van der Waals surface area contributed by atoms with Gasteiger partial charge in [0.15, 0.2) is 0 Å². The van der Waals surface area contributed by atoms with E-state index < -0.39 is 21.8 Å². The van der Waals surface area contributed by atoms with Crippen molar-refractivity contribution in [1.82, 2.24) is 9.62 Å². The number of piperidine rings is 1. The number of carbonyl (C=O) groups excluding carboxylic acids is 1. The molecule has 3 rings (SSSR count). The Bertz CT molecular complexity index is 977. The summed E-state index contributed by atoms with van der Waals surface area (Å²) in [6.45, 7) is 4.70. The van der Waals surface area contributed by atoms with Crippen molar-refractivity contribution in [2.45, 2.75) is 44.2 Å². The molecule has 0 aromatic heterocycles. The number of ether oxygens (including phenoxy) is 1. The van der Waals surface area contributed by atoms with Gasteiger partial charge in [-0.1, -0.05) is 12.1 Å². The molecule has 0 spiro atoms. The fraction of sp³-hybridized carbons (Fsp3) is 0.409. The molecule has 0 bridgehead atoms. The van der Waals surface area contributed by atoms with Crippen LogP contribution in [-0.2, 0) is 21.4 Å². The number of hydrogen-bond acceptors (Lipinski definition) is 4. The number of amides is 1. The summed E-state index contributed by atoms with van der Waals surface area (Å²) in [5.74, 6) is -0.355. The Morgan fingerprint density at radius 1 is 1.23 bits per heavy atom. The summed E-state index contributed by atoms with van der Waals surface area (Å²) >= 11 is 0. The van der Waals surface area contributed by atoms with Crippen molar-refractivity contribution < 1.29 is 22.3 Å². The molecule has 1 saturated heterocycles. The zero-order valence-electron chi connectivity index (χ0n) is 17.2. The molecule has 1 aliphatic heterocycles. The fourth-order valence-corrected chi connectivity index (χ4v) is 4.99. The van der Waals surface area contributed by atoms with E-state index in [1.165, 1.54) is 16.4 Å². The van der Waals surface area contributed by atoms with Gasteiger partial charge in [-0.2, -0.15) is 4.31 Å². The van der Waals surface area contributed by atoms with Gasteiger partial charge in [-0.3, -0.25) is 4.79 Å². The largest absolute Gasteiger partial charge is 0.491 e. The Labute approximate surface area is 177 Å². The van der Waals surface area contributed by atoms with Crippen LogP contribution in [0.2, 0.25) is 0 Å². The van der Waals surface area contributed by atoms with Crippen molar-refractivity contribution in [3.63, 3.8) is 0 Å². The van der Waals surface area contributed by atoms with Crippen LogP contribution in [0, 0.1) is 11.7 Å². The molecule has 1 aliphatic rings. The molecule has 1 atom stereocenters. The summed E-state index contributed by atoms with van der Waals surface area (Å²) in [4.78, 5) is 12.7. The van der Waals surface area contributed by atoms with E-state index in [1.54, 1.807) is 0 Å². The molecule has 162 valence electrons. The molecule has 0 radical (unpaired) electrons. The van der Waals surface area contributed by atoms with Crippen molar-refractivity contribution in [3.8, 4) is 5.75 Å². The minimum Gasteiger partial charge on any atom is -0.491 e. The second kappa shape index (κ2) is 9.57. The molecule has 1 amide bonds. The van der Waals surface area contributed by atoms with Gasteiger partial charge < -0.3 is 10.1 Å². The van der Waals surface area contributed by atoms with Gasteiger partial charge >= 0.3 is 0 Å². The molecule has 0 saturated carbocycles. The van der Waals surface area contributed by atoms with Crippen LogP contribution in [-0.4, -0.2) is 37.8 Å². The summed E-state index contributed by atoms with van der Waals surface area (Å²) < 4.78 is 45.8. The lowest BCUT2D eigenvalue weighted by atomic mass is 9.99. The highest BCUT2D eigenvalue weighted by Crippen LogP contribution is 2.24. The van der Waals surface area contributed by atoms with Gasteiger partial charge in [0, 0.05) is 19.6 Å². The van der Waals surface area contributed by atoms with Crippen LogP contribution in [0.25, 0.3) is 0 Å². The third-order valence-corrected chi connectivity index (χ3v) is 6.82. The van der Waals surface area contributed by atoms with Gasteiger partial charge in [0.25, 0.3) is 0 Å². The maximum Gasteiger partial charge on any atom is 0.243 e. The Morgan fingerprint density at radius 2 is 1.97 bits per heavy atom. The van der Waals surface area contributed by atoms with E-state index in [2.05, 4.69) is 5.32 Å². The van der Waals surface area contributed by atoms with E-state index in [9.17, 15) is 17.6 Å². The van der Waals surface area contributed by atoms with Crippen molar-refractivity contribution in [2.24, 2.45) is 5.92 Å². The average Bonchev–Trinajstić information content (AvgIpc) is 2.72. The first-order valence-corrected chi connectivity index (χ1v) is 11.5. The molecule has 2 aromatic rings. The zero-order valence-corrected chi connectivity index (χ0v) is 18.0. The Hall–Kier alpha value is -2.45. The number of nitrogens with zero attached hydrogens (tertiary/aromatic N) is 1. The Kier molecular flexibility index (Phi) is 7.10. The first kappa shape index (κ1) is 22.2. The summed E-state index contributed by atoms with van der Waals surface area (Å²) in [5, 5.41) is 2.90. The van der Waals surface area contributed by atoms with Crippen molar-refractivity contribution in [1.29, 1.82) is 0 Å². The molecule has 1 unspecified atom stereocenters. The summed E-state index contributed by atoms with van der Waals surface area (Å²) in [7, 11) is -3.76. The van der Waals surface area contributed by atoms with E-state index >= 15 is 0 Å². The second-order valence-corrected chi connectivity index (χ2v) is 9.63. The van der Waals surface area contributed by atoms with Crippen LogP contribution in [0.1, 0.15) is 32.3 Å². The number of halogens is 1. The van der Waals surface area contributed by atoms with E-state index in [0.717, 1.165) is 23.4 Å².